The second kappa shape index (κ2) is 8.02. The van der Waals surface area contributed by atoms with Crippen LogP contribution in [0, 0.1) is 6.92 Å². The summed E-state index contributed by atoms with van der Waals surface area (Å²) in [5.74, 6) is 0.812. The predicted octanol–water partition coefficient (Wildman–Crippen LogP) is 2.37. The molecule has 1 aromatic carbocycles. The fourth-order valence-corrected chi connectivity index (χ4v) is 2.30. The zero-order valence-corrected chi connectivity index (χ0v) is 14.3. The van der Waals surface area contributed by atoms with Crippen LogP contribution in [0.3, 0.4) is 0 Å². The van der Waals surface area contributed by atoms with Crippen molar-refractivity contribution in [3.63, 3.8) is 0 Å². The second-order valence-corrected chi connectivity index (χ2v) is 5.72. The van der Waals surface area contributed by atoms with E-state index in [-0.39, 0.29) is 11.7 Å². The number of rotatable bonds is 7. The number of nitrogens with one attached hydrogen (secondary N) is 3. The molecular formula is C18H20N6O2. The molecule has 0 bridgehead atoms. The number of carbonyl (C=O) groups is 1. The number of aromatic nitrogens is 2. The van der Waals surface area contributed by atoms with E-state index < -0.39 is 5.91 Å². The average molecular weight is 352 g/mol. The largest absolute Gasteiger partial charge is 0.459 e. The number of nitrogen functional groups attached to an aromatic ring is 1. The Balaban J connectivity index is 1.55. The zero-order valence-electron chi connectivity index (χ0n) is 14.3. The van der Waals surface area contributed by atoms with E-state index in [9.17, 15) is 4.79 Å². The molecule has 1 amide bonds. The molecule has 0 aliphatic carbocycles. The summed E-state index contributed by atoms with van der Waals surface area (Å²) >= 11 is 0. The van der Waals surface area contributed by atoms with Crippen molar-refractivity contribution in [1.82, 2.24) is 15.4 Å². The van der Waals surface area contributed by atoms with Crippen LogP contribution in [0.2, 0.25) is 0 Å². The highest BCUT2D eigenvalue weighted by molar-refractivity contribution is 5.92. The Labute approximate surface area is 150 Å². The molecule has 3 rings (SSSR count). The van der Waals surface area contributed by atoms with Crippen molar-refractivity contribution >= 4 is 23.5 Å². The summed E-state index contributed by atoms with van der Waals surface area (Å²) in [6, 6.07) is 13.2. The normalized spacial score (nSPS) is 10.3. The number of hydrogen-bond acceptors (Lipinski definition) is 7. The van der Waals surface area contributed by atoms with Crippen molar-refractivity contribution in [3.8, 4) is 0 Å². The minimum Gasteiger partial charge on any atom is -0.459 e. The number of amides is 1. The number of aryl methyl sites for hydroxylation is 1. The lowest BCUT2D eigenvalue weighted by molar-refractivity contribution is 0.0935. The van der Waals surface area contributed by atoms with Gasteiger partial charge in [0.05, 0.1) is 6.26 Å². The van der Waals surface area contributed by atoms with Crippen molar-refractivity contribution in [2.75, 3.05) is 23.0 Å². The Hall–Kier alpha value is -3.55. The minimum absolute atomic E-state index is 0.0973. The van der Waals surface area contributed by atoms with Crippen LogP contribution in [0.25, 0.3) is 0 Å². The average Bonchev–Trinajstić information content (AvgIpc) is 3.16. The van der Waals surface area contributed by atoms with Gasteiger partial charge < -0.3 is 15.5 Å². The third kappa shape index (κ3) is 4.73. The second-order valence-electron chi connectivity index (χ2n) is 5.72. The molecule has 0 aliphatic rings. The van der Waals surface area contributed by atoms with E-state index in [0.29, 0.717) is 18.2 Å². The fraction of sp³-hybridized carbons (Fsp3) is 0.167. The number of hydrogen-bond donors (Lipinski definition) is 4. The molecular weight excluding hydrogens is 332 g/mol. The maximum atomic E-state index is 11.8. The van der Waals surface area contributed by atoms with Gasteiger partial charge in [-0.25, -0.2) is 0 Å². The maximum absolute atomic E-state index is 11.8. The first-order valence-corrected chi connectivity index (χ1v) is 8.14. The summed E-state index contributed by atoms with van der Waals surface area (Å²) in [6.07, 6.45) is 2.27. The first-order chi connectivity index (χ1) is 12.6. The molecule has 0 spiro atoms. The van der Waals surface area contributed by atoms with Gasteiger partial charge in [-0.2, -0.15) is 9.97 Å². The van der Waals surface area contributed by atoms with Gasteiger partial charge in [-0.3, -0.25) is 15.6 Å². The Morgan fingerprint density at radius 1 is 1.15 bits per heavy atom. The molecule has 0 saturated heterocycles. The van der Waals surface area contributed by atoms with Gasteiger partial charge in [-0.1, -0.05) is 29.8 Å². The number of hydrazine groups is 1. The molecule has 0 fully saturated rings. The highest BCUT2D eigenvalue weighted by Crippen LogP contribution is 2.12. The molecule has 26 heavy (non-hydrogen) atoms. The number of furan rings is 1. The monoisotopic (exact) mass is 352 g/mol. The van der Waals surface area contributed by atoms with Crippen LogP contribution in [0.4, 0.5) is 17.6 Å². The summed E-state index contributed by atoms with van der Waals surface area (Å²) in [5.41, 5.74) is 13.4. The van der Waals surface area contributed by atoms with Crippen LogP contribution in [0.1, 0.15) is 21.7 Å². The number of nitrogens with two attached hydrogens (primary N) is 1. The van der Waals surface area contributed by atoms with Crippen LogP contribution < -0.4 is 21.9 Å². The van der Waals surface area contributed by atoms with E-state index >= 15 is 0 Å². The first kappa shape index (κ1) is 17.3. The standard InChI is InChI=1S/C18H20N6O2/c1-12-4-6-13(7-5-12)8-9-20-15-11-16(22-18(19)21-15)23-24-17(25)14-3-2-10-26-14/h2-7,10-11H,8-9H2,1H3,(H,24,25)(H4,19,20,21,22,23). The van der Waals surface area contributed by atoms with Crippen molar-refractivity contribution in [2.24, 2.45) is 0 Å². The van der Waals surface area contributed by atoms with Crippen LogP contribution in [-0.2, 0) is 6.42 Å². The number of anilines is 3. The van der Waals surface area contributed by atoms with Gasteiger partial charge in [-0.15, -0.1) is 0 Å². The molecule has 0 aliphatic heterocycles. The van der Waals surface area contributed by atoms with Gasteiger partial charge in [-0.05, 0) is 31.0 Å². The molecule has 3 aromatic rings. The smallest absolute Gasteiger partial charge is 0.305 e. The van der Waals surface area contributed by atoms with Gasteiger partial charge in [0, 0.05) is 12.6 Å². The van der Waals surface area contributed by atoms with Crippen molar-refractivity contribution < 1.29 is 9.21 Å². The van der Waals surface area contributed by atoms with Crippen molar-refractivity contribution in [1.29, 1.82) is 0 Å². The summed E-state index contributed by atoms with van der Waals surface area (Å²) in [4.78, 5) is 20.0. The van der Waals surface area contributed by atoms with Crippen LogP contribution in [0.15, 0.2) is 53.1 Å². The van der Waals surface area contributed by atoms with E-state index in [2.05, 4.69) is 57.3 Å². The SMILES string of the molecule is Cc1ccc(CCNc2cc(NNC(=O)c3ccco3)nc(N)n2)cc1. The van der Waals surface area contributed by atoms with Crippen LogP contribution >= 0.6 is 0 Å². The number of benzene rings is 1. The molecule has 134 valence electrons. The quantitative estimate of drug-likeness (QED) is 0.482. The molecule has 2 heterocycles. The number of nitrogens with zero attached hydrogens (tertiary/aromatic N) is 2. The molecule has 0 saturated carbocycles. The molecule has 5 N–H and O–H groups in total. The van der Waals surface area contributed by atoms with Gasteiger partial charge in [0.1, 0.15) is 5.82 Å². The lowest BCUT2D eigenvalue weighted by Gasteiger charge is -2.10. The predicted molar refractivity (Wildman–Crippen MR) is 99.6 cm³/mol. The summed E-state index contributed by atoms with van der Waals surface area (Å²) < 4.78 is 5.01. The van der Waals surface area contributed by atoms with Crippen LogP contribution in [0.5, 0.6) is 0 Å². The summed E-state index contributed by atoms with van der Waals surface area (Å²) in [6.45, 7) is 2.75. The van der Waals surface area contributed by atoms with Gasteiger partial charge in [0.25, 0.3) is 0 Å². The molecule has 0 atom stereocenters. The lowest BCUT2D eigenvalue weighted by atomic mass is 10.1. The van der Waals surface area contributed by atoms with Crippen LogP contribution in [-0.4, -0.2) is 22.4 Å². The van der Waals surface area contributed by atoms with Gasteiger partial charge in [0.2, 0.25) is 5.95 Å². The topological polar surface area (TPSA) is 118 Å². The Morgan fingerprint density at radius 2 is 1.92 bits per heavy atom. The zero-order chi connectivity index (χ0) is 18.4. The van der Waals surface area contributed by atoms with Crippen molar-refractivity contribution in [2.45, 2.75) is 13.3 Å². The lowest BCUT2D eigenvalue weighted by Crippen LogP contribution is -2.29. The Kier molecular flexibility index (Phi) is 5.33. The summed E-state index contributed by atoms with van der Waals surface area (Å²) in [7, 11) is 0. The Bertz CT molecular complexity index is 862. The third-order valence-corrected chi connectivity index (χ3v) is 3.63. The first-order valence-electron chi connectivity index (χ1n) is 8.14. The maximum Gasteiger partial charge on any atom is 0.305 e. The highest BCUT2D eigenvalue weighted by atomic mass is 16.3. The van der Waals surface area contributed by atoms with E-state index in [1.807, 2.05) is 0 Å². The Morgan fingerprint density at radius 3 is 2.65 bits per heavy atom. The molecule has 0 unspecified atom stereocenters. The van der Waals surface area contributed by atoms with Gasteiger partial charge in [0.15, 0.2) is 11.6 Å². The summed E-state index contributed by atoms with van der Waals surface area (Å²) in [5, 5.41) is 3.20. The fourth-order valence-electron chi connectivity index (χ4n) is 2.30. The van der Waals surface area contributed by atoms with Crippen molar-refractivity contribution in [3.05, 3.63) is 65.6 Å². The minimum atomic E-state index is -0.416. The third-order valence-electron chi connectivity index (χ3n) is 3.63. The molecule has 8 heteroatoms. The van der Waals surface area contributed by atoms with E-state index in [0.717, 1.165) is 6.42 Å². The molecule has 8 nitrogen and oxygen atoms in total. The highest BCUT2D eigenvalue weighted by Gasteiger charge is 2.09. The van der Waals surface area contributed by atoms with Gasteiger partial charge >= 0.3 is 5.91 Å². The molecule has 0 radical (unpaired) electrons. The van der Waals surface area contributed by atoms with E-state index in [1.54, 1.807) is 18.2 Å². The van der Waals surface area contributed by atoms with E-state index in [4.69, 9.17) is 10.2 Å². The van der Waals surface area contributed by atoms with E-state index in [1.165, 1.54) is 17.4 Å². The molecule has 2 aromatic heterocycles. The number of carbonyl (C=O) groups excluding carboxylic acids is 1.